The number of aromatic nitrogens is 4. The number of nitrogens with zero attached hydrogens (tertiary/aromatic N) is 3. The molecule has 0 saturated heterocycles. The minimum atomic E-state index is 0.116. The van der Waals surface area contributed by atoms with Crippen LogP contribution in [-0.4, -0.2) is 26.5 Å². The summed E-state index contributed by atoms with van der Waals surface area (Å²) in [5, 5.41) is 0. The summed E-state index contributed by atoms with van der Waals surface area (Å²) in [4.78, 5) is 15.1. The molecule has 80 valence electrons. The van der Waals surface area contributed by atoms with E-state index in [0.717, 1.165) is 5.52 Å². The molecule has 2 aromatic heterocycles. The van der Waals surface area contributed by atoms with Crippen LogP contribution in [0.5, 0.6) is 6.01 Å². The Balaban J connectivity index is 2.16. The van der Waals surface area contributed by atoms with Gasteiger partial charge in [0, 0.05) is 0 Å². The molecule has 0 aromatic carbocycles. The van der Waals surface area contributed by atoms with E-state index in [1.807, 2.05) is 0 Å². The zero-order valence-corrected chi connectivity index (χ0v) is 9.11. The van der Waals surface area contributed by atoms with Gasteiger partial charge >= 0.3 is 0 Å². The molecule has 0 aliphatic rings. The lowest BCUT2D eigenvalue weighted by Crippen LogP contribution is -2.17. The summed E-state index contributed by atoms with van der Waals surface area (Å²) < 4.78 is 5.52. The summed E-state index contributed by atoms with van der Waals surface area (Å²) in [5.74, 6) is 0. The third-order valence-electron chi connectivity index (χ3n) is 1.78. The maximum atomic E-state index is 5.52. The van der Waals surface area contributed by atoms with Crippen molar-refractivity contribution in [1.82, 2.24) is 19.9 Å². The van der Waals surface area contributed by atoms with Gasteiger partial charge in [-0.05, 0) is 5.41 Å². The zero-order chi connectivity index (χ0) is 10.9. The van der Waals surface area contributed by atoms with Crippen molar-refractivity contribution in [2.45, 2.75) is 20.8 Å². The molecule has 1 N–H and O–H groups in total. The van der Waals surface area contributed by atoms with Crippen molar-refractivity contribution in [2.75, 3.05) is 6.61 Å². The van der Waals surface area contributed by atoms with Gasteiger partial charge in [0.05, 0.1) is 12.8 Å². The molecule has 15 heavy (non-hydrogen) atoms. The van der Waals surface area contributed by atoms with E-state index >= 15 is 0 Å². The molecule has 2 rings (SSSR count). The standard InChI is InChI=1S/C10H14N4O/c1-10(2,3)5-15-9-13-7-4-11-6-12-8(7)14-9/h4,6H,5H2,1-3H3,(H,11,12,13,14). The number of imidazole rings is 1. The van der Waals surface area contributed by atoms with Crippen LogP contribution in [0.2, 0.25) is 0 Å². The SMILES string of the molecule is CC(C)(C)COc1nc2cncnc2[nH]1. The highest BCUT2D eigenvalue weighted by Crippen LogP contribution is 2.17. The minimum Gasteiger partial charge on any atom is -0.464 e. The first-order valence-electron chi connectivity index (χ1n) is 4.83. The molecule has 2 aromatic rings. The second kappa shape index (κ2) is 3.49. The van der Waals surface area contributed by atoms with E-state index in [2.05, 4.69) is 40.7 Å². The van der Waals surface area contributed by atoms with E-state index in [0.29, 0.717) is 18.3 Å². The van der Waals surface area contributed by atoms with Gasteiger partial charge in [-0.1, -0.05) is 20.8 Å². The number of aromatic amines is 1. The number of fused-ring (bicyclic) bond motifs is 1. The summed E-state index contributed by atoms with van der Waals surface area (Å²) in [6.07, 6.45) is 3.14. The normalized spacial score (nSPS) is 11.9. The van der Waals surface area contributed by atoms with Gasteiger partial charge in [0.25, 0.3) is 6.01 Å². The molecule has 0 unspecified atom stereocenters. The van der Waals surface area contributed by atoms with E-state index in [1.54, 1.807) is 6.20 Å². The van der Waals surface area contributed by atoms with Gasteiger partial charge in [-0.2, -0.15) is 4.98 Å². The number of H-pyrrole nitrogens is 1. The van der Waals surface area contributed by atoms with Crippen molar-refractivity contribution >= 4 is 11.2 Å². The molecule has 0 bridgehead atoms. The van der Waals surface area contributed by atoms with E-state index in [1.165, 1.54) is 6.33 Å². The van der Waals surface area contributed by atoms with Crippen molar-refractivity contribution in [2.24, 2.45) is 5.41 Å². The van der Waals surface area contributed by atoms with Crippen molar-refractivity contribution in [3.63, 3.8) is 0 Å². The average Bonchev–Trinajstić information content (AvgIpc) is 2.56. The second-order valence-electron chi connectivity index (χ2n) is 4.65. The Labute approximate surface area is 87.9 Å². The van der Waals surface area contributed by atoms with Gasteiger partial charge in [0.15, 0.2) is 5.65 Å². The molecule has 2 heterocycles. The number of rotatable bonds is 2. The predicted octanol–water partition coefficient (Wildman–Crippen LogP) is 1.78. The third kappa shape index (κ3) is 2.43. The Morgan fingerprint density at radius 1 is 1.40 bits per heavy atom. The van der Waals surface area contributed by atoms with E-state index < -0.39 is 0 Å². The first-order chi connectivity index (χ1) is 7.04. The maximum absolute atomic E-state index is 5.52. The topological polar surface area (TPSA) is 63.7 Å². The van der Waals surface area contributed by atoms with E-state index in [9.17, 15) is 0 Å². The molecule has 5 heteroatoms. The summed E-state index contributed by atoms with van der Waals surface area (Å²) in [7, 11) is 0. The minimum absolute atomic E-state index is 0.116. The maximum Gasteiger partial charge on any atom is 0.295 e. The monoisotopic (exact) mass is 206 g/mol. The summed E-state index contributed by atoms with van der Waals surface area (Å²) in [5.41, 5.74) is 1.54. The molecular formula is C10H14N4O. The molecule has 0 aliphatic heterocycles. The highest BCUT2D eigenvalue weighted by atomic mass is 16.5. The van der Waals surface area contributed by atoms with Crippen LogP contribution in [0.25, 0.3) is 11.2 Å². The molecular weight excluding hydrogens is 192 g/mol. The molecule has 0 atom stereocenters. The summed E-state index contributed by atoms with van der Waals surface area (Å²) >= 11 is 0. The summed E-state index contributed by atoms with van der Waals surface area (Å²) in [6, 6.07) is 0.500. The lowest BCUT2D eigenvalue weighted by atomic mass is 9.99. The largest absolute Gasteiger partial charge is 0.464 e. The van der Waals surface area contributed by atoms with Crippen molar-refractivity contribution in [3.05, 3.63) is 12.5 Å². The van der Waals surface area contributed by atoms with Gasteiger partial charge in [-0.25, -0.2) is 9.97 Å². The van der Waals surface area contributed by atoms with Crippen LogP contribution in [0.15, 0.2) is 12.5 Å². The molecule has 0 radical (unpaired) electrons. The van der Waals surface area contributed by atoms with E-state index in [-0.39, 0.29) is 5.41 Å². The van der Waals surface area contributed by atoms with Gasteiger partial charge in [-0.3, -0.25) is 4.98 Å². The van der Waals surface area contributed by atoms with Crippen LogP contribution in [0, 0.1) is 5.41 Å². The van der Waals surface area contributed by atoms with Crippen LogP contribution >= 0.6 is 0 Å². The fourth-order valence-corrected chi connectivity index (χ4v) is 1.09. The van der Waals surface area contributed by atoms with Crippen LogP contribution in [0.4, 0.5) is 0 Å². The lowest BCUT2D eigenvalue weighted by molar-refractivity contribution is 0.186. The zero-order valence-electron chi connectivity index (χ0n) is 9.11. The summed E-state index contributed by atoms with van der Waals surface area (Å²) in [6.45, 7) is 6.93. The number of ether oxygens (including phenoxy) is 1. The fraction of sp³-hybridized carbons (Fsp3) is 0.500. The predicted molar refractivity (Wildman–Crippen MR) is 56.6 cm³/mol. The molecule has 5 nitrogen and oxygen atoms in total. The van der Waals surface area contributed by atoms with Gasteiger partial charge < -0.3 is 4.74 Å². The van der Waals surface area contributed by atoms with Crippen LogP contribution < -0.4 is 4.74 Å². The Hall–Kier alpha value is -1.65. The van der Waals surface area contributed by atoms with Crippen molar-refractivity contribution in [1.29, 1.82) is 0 Å². The Morgan fingerprint density at radius 2 is 2.20 bits per heavy atom. The quantitative estimate of drug-likeness (QED) is 0.813. The molecule has 0 fully saturated rings. The van der Waals surface area contributed by atoms with Crippen molar-refractivity contribution < 1.29 is 4.74 Å². The van der Waals surface area contributed by atoms with E-state index in [4.69, 9.17) is 4.74 Å². The molecule has 0 aliphatic carbocycles. The average molecular weight is 206 g/mol. The Morgan fingerprint density at radius 3 is 2.87 bits per heavy atom. The third-order valence-corrected chi connectivity index (χ3v) is 1.78. The molecule has 0 spiro atoms. The highest BCUT2D eigenvalue weighted by Gasteiger charge is 2.12. The second-order valence-corrected chi connectivity index (χ2v) is 4.65. The molecule has 0 amide bonds. The molecule has 0 saturated carbocycles. The first-order valence-corrected chi connectivity index (χ1v) is 4.83. The van der Waals surface area contributed by atoms with Gasteiger partial charge in [0.2, 0.25) is 0 Å². The Kier molecular flexibility index (Phi) is 2.30. The van der Waals surface area contributed by atoms with Crippen LogP contribution in [0.3, 0.4) is 0 Å². The number of nitrogens with one attached hydrogen (secondary N) is 1. The van der Waals surface area contributed by atoms with Crippen molar-refractivity contribution in [3.8, 4) is 6.01 Å². The van der Waals surface area contributed by atoms with Crippen LogP contribution in [-0.2, 0) is 0 Å². The first kappa shape index (κ1) is 9.89. The fourth-order valence-electron chi connectivity index (χ4n) is 1.09. The number of hydrogen-bond acceptors (Lipinski definition) is 4. The Bertz CT molecular complexity index is 425. The highest BCUT2D eigenvalue weighted by molar-refractivity contribution is 5.69. The number of hydrogen-bond donors (Lipinski definition) is 1. The lowest BCUT2D eigenvalue weighted by Gasteiger charge is -2.16. The van der Waals surface area contributed by atoms with Gasteiger partial charge in [-0.15, -0.1) is 0 Å². The van der Waals surface area contributed by atoms with Gasteiger partial charge in [0.1, 0.15) is 11.8 Å². The smallest absolute Gasteiger partial charge is 0.295 e. The van der Waals surface area contributed by atoms with Crippen LogP contribution in [0.1, 0.15) is 20.8 Å².